The van der Waals surface area contributed by atoms with Crippen molar-refractivity contribution >= 4 is 0 Å². The normalized spacial score (nSPS) is 11.1. The SMILES string of the molecule is CCNCCc1nc(C(C)C)no1. The smallest absolute Gasteiger partial charge is 0.227 e. The molecule has 0 aliphatic heterocycles. The molecule has 13 heavy (non-hydrogen) atoms. The second kappa shape index (κ2) is 4.97. The molecule has 0 aliphatic carbocycles. The number of rotatable bonds is 5. The molecule has 0 radical (unpaired) electrons. The van der Waals surface area contributed by atoms with E-state index in [4.69, 9.17) is 4.52 Å². The minimum atomic E-state index is 0.344. The van der Waals surface area contributed by atoms with E-state index in [0.29, 0.717) is 5.92 Å². The molecule has 1 aromatic rings. The van der Waals surface area contributed by atoms with E-state index >= 15 is 0 Å². The van der Waals surface area contributed by atoms with E-state index in [9.17, 15) is 0 Å². The lowest BCUT2D eigenvalue weighted by Gasteiger charge is -1.95. The minimum absolute atomic E-state index is 0.344. The van der Waals surface area contributed by atoms with Crippen molar-refractivity contribution < 1.29 is 4.52 Å². The summed E-state index contributed by atoms with van der Waals surface area (Å²) in [5.74, 6) is 1.87. The Balaban J connectivity index is 2.40. The van der Waals surface area contributed by atoms with Crippen LogP contribution in [0.5, 0.6) is 0 Å². The number of nitrogens with zero attached hydrogens (tertiary/aromatic N) is 2. The third kappa shape index (κ3) is 3.14. The largest absolute Gasteiger partial charge is 0.339 e. The molecule has 1 aromatic heterocycles. The van der Waals surface area contributed by atoms with Gasteiger partial charge < -0.3 is 9.84 Å². The van der Waals surface area contributed by atoms with Gasteiger partial charge in [-0.25, -0.2) is 0 Å². The van der Waals surface area contributed by atoms with Crippen molar-refractivity contribution in [1.82, 2.24) is 15.5 Å². The lowest BCUT2D eigenvalue weighted by molar-refractivity contribution is 0.369. The second-order valence-corrected chi connectivity index (χ2v) is 3.30. The van der Waals surface area contributed by atoms with Crippen molar-refractivity contribution in [3.63, 3.8) is 0 Å². The third-order valence-electron chi connectivity index (χ3n) is 1.77. The molecule has 1 rings (SSSR count). The van der Waals surface area contributed by atoms with Gasteiger partial charge in [0.05, 0.1) is 0 Å². The summed E-state index contributed by atoms with van der Waals surface area (Å²) in [6.07, 6.45) is 0.813. The van der Waals surface area contributed by atoms with Gasteiger partial charge in [0.2, 0.25) is 5.89 Å². The highest BCUT2D eigenvalue weighted by molar-refractivity contribution is 4.91. The van der Waals surface area contributed by atoms with Crippen molar-refractivity contribution in [2.24, 2.45) is 0 Å². The predicted molar refractivity (Wildman–Crippen MR) is 50.6 cm³/mol. The molecular formula is C9H17N3O. The van der Waals surface area contributed by atoms with E-state index in [0.717, 1.165) is 31.2 Å². The molecule has 0 aromatic carbocycles. The summed E-state index contributed by atoms with van der Waals surface area (Å²) in [6.45, 7) is 8.06. The van der Waals surface area contributed by atoms with Crippen molar-refractivity contribution in [2.45, 2.75) is 33.1 Å². The number of nitrogens with one attached hydrogen (secondary N) is 1. The van der Waals surface area contributed by atoms with Gasteiger partial charge in [-0.1, -0.05) is 25.9 Å². The molecule has 1 N–H and O–H groups in total. The van der Waals surface area contributed by atoms with Gasteiger partial charge in [-0.15, -0.1) is 0 Å². The lowest BCUT2D eigenvalue weighted by Crippen LogP contribution is -2.16. The number of aromatic nitrogens is 2. The van der Waals surface area contributed by atoms with Crippen LogP contribution in [0.4, 0.5) is 0 Å². The summed E-state index contributed by atoms with van der Waals surface area (Å²) in [5, 5.41) is 7.09. The van der Waals surface area contributed by atoms with Crippen molar-refractivity contribution in [3.05, 3.63) is 11.7 Å². The first-order chi connectivity index (χ1) is 6.24. The maximum Gasteiger partial charge on any atom is 0.227 e. The maximum atomic E-state index is 5.07. The van der Waals surface area contributed by atoms with Gasteiger partial charge in [0.25, 0.3) is 0 Å². The van der Waals surface area contributed by atoms with Crippen molar-refractivity contribution in [2.75, 3.05) is 13.1 Å². The first-order valence-electron chi connectivity index (χ1n) is 4.77. The Hall–Kier alpha value is -0.900. The van der Waals surface area contributed by atoms with Crippen molar-refractivity contribution in [1.29, 1.82) is 0 Å². The van der Waals surface area contributed by atoms with E-state index < -0.39 is 0 Å². The van der Waals surface area contributed by atoms with Crippen molar-refractivity contribution in [3.8, 4) is 0 Å². The number of hydrogen-bond donors (Lipinski definition) is 1. The van der Waals surface area contributed by atoms with Crippen LogP contribution in [-0.4, -0.2) is 23.2 Å². The molecule has 4 nitrogen and oxygen atoms in total. The van der Waals surface area contributed by atoms with Crippen LogP contribution < -0.4 is 5.32 Å². The summed E-state index contributed by atoms with van der Waals surface area (Å²) in [5.41, 5.74) is 0. The molecule has 0 atom stereocenters. The van der Waals surface area contributed by atoms with Crippen LogP contribution in [0.3, 0.4) is 0 Å². The fourth-order valence-electron chi connectivity index (χ4n) is 0.976. The lowest BCUT2D eigenvalue weighted by atomic mass is 10.2. The zero-order valence-corrected chi connectivity index (χ0v) is 8.50. The highest BCUT2D eigenvalue weighted by atomic mass is 16.5. The minimum Gasteiger partial charge on any atom is -0.339 e. The summed E-state index contributed by atoms with van der Waals surface area (Å²) >= 11 is 0. The molecule has 0 aliphatic rings. The number of likely N-dealkylation sites (N-methyl/N-ethyl adjacent to an activating group) is 1. The first kappa shape index (κ1) is 10.2. The Kier molecular flexibility index (Phi) is 3.89. The van der Waals surface area contributed by atoms with Crippen LogP contribution >= 0.6 is 0 Å². The Morgan fingerprint density at radius 3 is 2.77 bits per heavy atom. The van der Waals surface area contributed by atoms with Gasteiger partial charge in [0.1, 0.15) is 0 Å². The summed E-state index contributed by atoms with van der Waals surface area (Å²) in [7, 11) is 0. The summed E-state index contributed by atoms with van der Waals surface area (Å²) in [6, 6.07) is 0. The Morgan fingerprint density at radius 2 is 2.23 bits per heavy atom. The highest BCUT2D eigenvalue weighted by Gasteiger charge is 2.08. The van der Waals surface area contributed by atoms with Crippen LogP contribution in [0.2, 0.25) is 0 Å². The van der Waals surface area contributed by atoms with Gasteiger partial charge in [-0.2, -0.15) is 4.98 Å². The van der Waals surface area contributed by atoms with Crippen LogP contribution in [0.25, 0.3) is 0 Å². The van der Waals surface area contributed by atoms with Gasteiger partial charge in [0, 0.05) is 18.9 Å². The first-order valence-corrected chi connectivity index (χ1v) is 4.77. The molecule has 0 spiro atoms. The molecule has 0 amide bonds. The molecule has 0 unspecified atom stereocenters. The van der Waals surface area contributed by atoms with Crippen LogP contribution in [0.15, 0.2) is 4.52 Å². The zero-order chi connectivity index (χ0) is 9.68. The average Bonchev–Trinajstić information content (AvgIpc) is 2.53. The number of hydrogen-bond acceptors (Lipinski definition) is 4. The molecule has 0 saturated carbocycles. The van der Waals surface area contributed by atoms with E-state index in [-0.39, 0.29) is 0 Å². The van der Waals surface area contributed by atoms with Gasteiger partial charge in [-0.3, -0.25) is 0 Å². The summed E-state index contributed by atoms with van der Waals surface area (Å²) in [4.78, 5) is 4.26. The molecule has 0 fully saturated rings. The standard InChI is InChI=1S/C9H17N3O/c1-4-10-6-5-8-11-9(7(2)3)12-13-8/h7,10H,4-6H2,1-3H3. The van der Waals surface area contributed by atoms with Crippen LogP contribution in [0, 0.1) is 0 Å². The quantitative estimate of drug-likeness (QED) is 0.700. The van der Waals surface area contributed by atoms with Gasteiger partial charge in [0.15, 0.2) is 5.82 Å². The topological polar surface area (TPSA) is 51.0 Å². The molecule has 1 heterocycles. The fourth-order valence-corrected chi connectivity index (χ4v) is 0.976. The molecule has 0 bridgehead atoms. The van der Waals surface area contributed by atoms with Crippen LogP contribution in [-0.2, 0) is 6.42 Å². The molecule has 0 saturated heterocycles. The van der Waals surface area contributed by atoms with Gasteiger partial charge in [-0.05, 0) is 6.54 Å². The van der Waals surface area contributed by atoms with E-state index in [1.165, 1.54) is 0 Å². The van der Waals surface area contributed by atoms with E-state index in [1.807, 2.05) is 0 Å². The maximum absolute atomic E-state index is 5.07. The Bertz CT molecular complexity index is 245. The molecule has 74 valence electrons. The second-order valence-electron chi connectivity index (χ2n) is 3.30. The Labute approximate surface area is 78.7 Å². The molecular weight excluding hydrogens is 166 g/mol. The monoisotopic (exact) mass is 183 g/mol. The Morgan fingerprint density at radius 1 is 1.46 bits per heavy atom. The van der Waals surface area contributed by atoms with E-state index in [2.05, 4.69) is 36.2 Å². The summed E-state index contributed by atoms with van der Waals surface area (Å²) < 4.78 is 5.07. The fraction of sp³-hybridized carbons (Fsp3) is 0.778. The molecule has 4 heteroatoms. The van der Waals surface area contributed by atoms with Gasteiger partial charge >= 0.3 is 0 Å². The highest BCUT2D eigenvalue weighted by Crippen LogP contribution is 2.09. The van der Waals surface area contributed by atoms with Crippen LogP contribution in [0.1, 0.15) is 38.4 Å². The van der Waals surface area contributed by atoms with E-state index in [1.54, 1.807) is 0 Å². The average molecular weight is 183 g/mol. The third-order valence-corrected chi connectivity index (χ3v) is 1.77. The predicted octanol–water partition coefficient (Wildman–Crippen LogP) is 1.34. The zero-order valence-electron chi connectivity index (χ0n) is 8.50.